The zero-order chi connectivity index (χ0) is 20.4. The highest BCUT2D eigenvalue weighted by Gasteiger charge is 2.33. The molecule has 9 nitrogen and oxygen atoms in total. The Hall–Kier alpha value is -1.23. The fourth-order valence-electron chi connectivity index (χ4n) is 2.79. The molecule has 9 heteroatoms. The van der Waals surface area contributed by atoms with Crippen molar-refractivity contribution in [3.8, 4) is 0 Å². The van der Waals surface area contributed by atoms with Gasteiger partial charge in [-0.15, -0.1) is 0 Å². The van der Waals surface area contributed by atoms with Crippen molar-refractivity contribution in [3.63, 3.8) is 0 Å². The number of hydrogen-bond acceptors (Lipinski definition) is 8. The minimum absolute atomic E-state index is 0.0359. The molecule has 0 aliphatic heterocycles. The van der Waals surface area contributed by atoms with Crippen molar-refractivity contribution >= 4 is 6.09 Å². The standard InChI is InChI=1S/C18H33NO8/c1-3-11(20)9-14(22)12(19-18(25)26-4-2)10-27-15-8-6-5-7-13(21)16(23)17(15)24/h5,7,11-17,20-24H,3-4,6,8-10H2,1-2H3,(H,19,25)/b7-5-. The van der Waals surface area contributed by atoms with E-state index < -0.39 is 48.8 Å². The summed E-state index contributed by atoms with van der Waals surface area (Å²) in [6.45, 7) is 3.41. The Bertz CT molecular complexity index is 461. The van der Waals surface area contributed by atoms with Crippen LogP contribution in [0.3, 0.4) is 0 Å². The van der Waals surface area contributed by atoms with Gasteiger partial charge in [-0.3, -0.25) is 0 Å². The van der Waals surface area contributed by atoms with E-state index in [1.54, 1.807) is 19.9 Å². The van der Waals surface area contributed by atoms with Crippen molar-refractivity contribution in [2.75, 3.05) is 13.2 Å². The van der Waals surface area contributed by atoms with Crippen LogP contribution in [0.5, 0.6) is 0 Å². The molecule has 0 saturated carbocycles. The first-order valence-electron chi connectivity index (χ1n) is 9.41. The van der Waals surface area contributed by atoms with Gasteiger partial charge in [0.25, 0.3) is 0 Å². The quantitative estimate of drug-likeness (QED) is 0.287. The Morgan fingerprint density at radius 2 is 1.93 bits per heavy atom. The van der Waals surface area contributed by atoms with Gasteiger partial charge < -0.3 is 40.3 Å². The number of aliphatic hydroxyl groups is 5. The largest absolute Gasteiger partial charge is 0.450 e. The zero-order valence-electron chi connectivity index (χ0n) is 15.9. The Labute approximate surface area is 159 Å². The van der Waals surface area contributed by atoms with Crippen molar-refractivity contribution < 1.29 is 39.8 Å². The lowest BCUT2D eigenvalue weighted by Gasteiger charge is -2.32. The normalized spacial score (nSPS) is 30.5. The van der Waals surface area contributed by atoms with E-state index in [-0.39, 0.29) is 19.6 Å². The number of allylic oxidation sites excluding steroid dienone is 1. The monoisotopic (exact) mass is 391 g/mol. The number of hydrogen-bond donors (Lipinski definition) is 6. The molecule has 0 aromatic rings. The SMILES string of the molecule is CCOC(=O)NC(COC1CC/C=C\C(O)C(O)C1O)C(O)CC(O)CC. The van der Waals surface area contributed by atoms with Crippen LogP contribution >= 0.6 is 0 Å². The highest BCUT2D eigenvalue weighted by Crippen LogP contribution is 2.18. The molecule has 1 aliphatic rings. The minimum atomic E-state index is -1.41. The molecule has 7 unspecified atom stereocenters. The van der Waals surface area contributed by atoms with Crippen molar-refractivity contribution in [2.24, 2.45) is 0 Å². The number of carbonyl (C=O) groups excluding carboxylic acids is 1. The molecule has 158 valence electrons. The molecule has 7 atom stereocenters. The maximum absolute atomic E-state index is 11.7. The van der Waals surface area contributed by atoms with Gasteiger partial charge in [0, 0.05) is 6.42 Å². The van der Waals surface area contributed by atoms with Gasteiger partial charge in [-0.05, 0) is 26.2 Å². The molecule has 0 saturated heterocycles. The van der Waals surface area contributed by atoms with E-state index in [9.17, 15) is 30.3 Å². The molecule has 0 aromatic carbocycles. The fraction of sp³-hybridized carbons (Fsp3) is 0.833. The third-order valence-electron chi connectivity index (χ3n) is 4.55. The molecule has 6 N–H and O–H groups in total. The molecule has 0 aromatic heterocycles. The molecule has 0 fully saturated rings. The minimum Gasteiger partial charge on any atom is -0.450 e. The first-order valence-corrected chi connectivity index (χ1v) is 9.41. The number of nitrogens with one attached hydrogen (secondary N) is 1. The average molecular weight is 391 g/mol. The lowest BCUT2D eigenvalue weighted by molar-refractivity contribution is -0.124. The van der Waals surface area contributed by atoms with Gasteiger partial charge in [0.15, 0.2) is 0 Å². The Balaban J connectivity index is 2.74. The summed E-state index contributed by atoms with van der Waals surface area (Å²) in [5.41, 5.74) is 0. The van der Waals surface area contributed by atoms with E-state index in [0.717, 1.165) is 0 Å². The van der Waals surface area contributed by atoms with Crippen LogP contribution < -0.4 is 5.32 Å². The van der Waals surface area contributed by atoms with Crippen LogP contribution in [-0.2, 0) is 9.47 Å². The summed E-state index contributed by atoms with van der Waals surface area (Å²) in [6, 6.07) is -0.875. The first-order chi connectivity index (χ1) is 12.8. The highest BCUT2D eigenvalue weighted by molar-refractivity contribution is 5.67. The van der Waals surface area contributed by atoms with E-state index >= 15 is 0 Å². The summed E-state index contributed by atoms with van der Waals surface area (Å²) < 4.78 is 10.5. The Morgan fingerprint density at radius 1 is 1.22 bits per heavy atom. The van der Waals surface area contributed by atoms with E-state index in [2.05, 4.69) is 5.32 Å². The van der Waals surface area contributed by atoms with Crippen LogP contribution in [0.4, 0.5) is 4.79 Å². The Morgan fingerprint density at radius 3 is 2.56 bits per heavy atom. The molecular weight excluding hydrogens is 358 g/mol. The van der Waals surface area contributed by atoms with Crippen LogP contribution in [0, 0.1) is 0 Å². The second-order valence-electron chi connectivity index (χ2n) is 6.69. The molecule has 0 bridgehead atoms. The van der Waals surface area contributed by atoms with Gasteiger partial charge in [0.1, 0.15) is 18.3 Å². The van der Waals surface area contributed by atoms with Crippen LogP contribution in [0.15, 0.2) is 12.2 Å². The van der Waals surface area contributed by atoms with Crippen molar-refractivity contribution in [2.45, 2.75) is 82.2 Å². The molecule has 0 radical (unpaired) electrons. The van der Waals surface area contributed by atoms with E-state index in [0.29, 0.717) is 19.3 Å². The number of amides is 1. The zero-order valence-corrected chi connectivity index (χ0v) is 15.9. The number of ether oxygens (including phenoxy) is 2. The number of rotatable bonds is 9. The highest BCUT2D eigenvalue weighted by atomic mass is 16.5. The van der Waals surface area contributed by atoms with Crippen molar-refractivity contribution in [1.29, 1.82) is 0 Å². The molecule has 27 heavy (non-hydrogen) atoms. The molecule has 0 spiro atoms. The van der Waals surface area contributed by atoms with Gasteiger partial charge >= 0.3 is 6.09 Å². The molecular formula is C18H33NO8. The van der Waals surface area contributed by atoms with Gasteiger partial charge in [0.2, 0.25) is 0 Å². The summed E-state index contributed by atoms with van der Waals surface area (Å²) in [4.78, 5) is 11.7. The van der Waals surface area contributed by atoms with Gasteiger partial charge in [-0.2, -0.15) is 0 Å². The summed E-state index contributed by atoms with van der Waals surface area (Å²) >= 11 is 0. The molecule has 1 aliphatic carbocycles. The van der Waals surface area contributed by atoms with Gasteiger partial charge in [-0.25, -0.2) is 4.79 Å². The lowest BCUT2D eigenvalue weighted by Crippen LogP contribution is -2.51. The van der Waals surface area contributed by atoms with E-state index in [1.807, 2.05) is 0 Å². The van der Waals surface area contributed by atoms with Crippen LogP contribution in [-0.4, -0.2) is 87.5 Å². The fourth-order valence-corrected chi connectivity index (χ4v) is 2.79. The smallest absolute Gasteiger partial charge is 0.407 e. The lowest BCUT2D eigenvalue weighted by atomic mass is 9.96. The predicted molar refractivity (Wildman–Crippen MR) is 97.0 cm³/mol. The maximum atomic E-state index is 11.7. The molecule has 1 amide bonds. The average Bonchev–Trinajstić information content (AvgIpc) is 2.64. The maximum Gasteiger partial charge on any atom is 0.407 e. The third kappa shape index (κ3) is 8.12. The van der Waals surface area contributed by atoms with Crippen LogP contribution in [0.2, 0.25) is 0 Å². The number of alkyl carbamates (subject to hydrolysis) is 1. The van der Waals surface area contributed by atoms with Gasteiger partial charge in [-0.1, -0.05) is 19.1 Å². The summed E-state index contributed by atoms with van der Waals surface area (Å²) in [7, 11) is 0. The summed E-state index contributed by atoms with van der Waals surface area (Å²) in [5, 5.41) is 52.5. The van der Waals surface area contributed by atoms with Crippen LogP contribution in [0.1, 0.15) is 39.5 Å². The molecule has 0 heterocycles. The third-order valence-corrected chi connectivity index (χ3v) is 4.55. The summed E-state index contributed by atoms with van der Waals surface area (Å²) in [6.07, 6.45) is -2.78. The van der Waals surface area contributed by atoms with E-state index in [1.165, 1.54) is 6.08 Å². The van der Waals surface area contributed by atoms with Crippen molar-refractivity contribution in [3.05, 3.63) is 12.2 Å². The van der Waals surface area contributed by atoms with Crippen LogP contribution in [0.25, 0.3) is 0 Å². The van der Waals surface area contributed by atoms with Gasteiger partial charge in [0.05, 0.1) is 37.6 Å². The molecule has 1 rings (SSSR count). The van der Waals surface area contributed by atoms with E-state index in [4.69, 9.17) is 9.47 Å². The number of carbonyl (C=O) groups is 1. The number of aliphatic hydroxyl groups excluding tert-OH is 5. The second kappa shape index (κ2) is 12.3. The first kappa shape index (κ1) is 23.8. The second-order valence-corrected chi connectivity index (χ2v) is 6.69. The predicted octanol–water partition coefficient (Wildman–Crippen LogP) is -0.559. The Kier molecular flexibility index (Phi) is 10.8. The van der Waals surface area contributed by atoms with Crippen molar-refractivity contribution in [1.82, 2.24) is 5.32 Å². The summed E-state index contributed by atoms with van der Waals surface area (Å²) in [5.74, 6) is 0. The topological polar surface area (TPSA) is 149 Å².